The Labute approximate surface area is 397 Å². The number of nitrogens with one attached hydrogen (secondary N) is 8. The zero-order valence-electron chi connectivity index (χ0n) is 38.4. The number of hydrogen-bond donors (Lipinski definition) is 8. The molecule has 360 valence electrons. The molecule has 0 radical (unpaired) electrons. The van der Waals surface area contributed by atoms with Crippen molar-refractivity contribution in [1.29, 1.82) is 10.5 Å². The molecule has 0 aliphatic carbocycles. The van der Waals surface area contributed by atoms with Gasteiger partial charge in [-0.15, -0.1) is 0 Å². The van der Waals surface area contributed by atoms with Crippen LogP contribution in [0.25, 0.3) is 0 Å². The minimum absolute atomic E-state index is 0.00339. The summed E-state index contributed by atoms with van der Waals surface area (Å²) >= 11 is 0. The van der Waals surface area contributed by atoms with Crippen molar-refractivity contribution in [2.45, 2.75) is 12.8 Å². The van der Waals surface area contributed by atoms with Gasteiger partial charge in [-0.3, -0.25) is 38.4 Å². The molecule has 70 heavy (non-hydrogen) atoms. The van der Waals surface area contributed by atoms with Gasteiger partial charge in [0.05, 0.1) is 42.0 Å². The van der Waals surface area contributed by atoms with Crippen molar-refractivity contribution >= 4 is 81.8 Å². The molecule has 0 fully saturated rings. The van der Waals surface area contributed by atoms with Crippen LogP contribution in [0.15, 0.2) is 67.5 Å². The number of rotatable bonds is 18. The van der Waals surface area contributed by atoms with Gasteiger partial charge in [-0.25, -0.2) is 15.0 Å². The maximum Gasteiger partial charge on any atom is 0.292 e. The summed E-state index contributed by atoms with van der Waals surface area (Å²) in [5.74, 6) is -5.10. The number of amides is 8. The van der Waals surface area contributed by atoms with Crippen LogP contribution in [0.4, 0.5) is 34.5 Å². The Kier molecular flexibility index (Phi) is 15.2. The van der Waals surface area contributed by atoms with E-state index < -0.39 is 47.3 Å². The largest absolute Gasteiger partial charge is 0.350 e. The molecule has 6 rings (SSSR count). The van der Waals surface area contributed by atoms with Crippen LogP contribution in [0.5, 0.6) is 0 Å². The highest BCUT2D eigenvalue weighted by Gasteiger charge is 2.23. The smallest absolute Gasteiger partial charge is 0.292 e. The first-order valence-corrected chi connectivity index (χ1v) is 20.8. The zero-order chi connectivity index (χ0) is 50.8. The predicted molar refractivity (Wildman–Crippen MR) is 249 cm³/mol. The van der Waals surface area contributed by atoms with Gasteiger partial charge in [0.25, 0.3) is 35.4 Å². The molecular weight excluding hydrogens is 911 g/mol. The van der Waals surface area contributed by atoms with Gasteiger partial charge in [-0.2, -0.15) is 10.5 Å². The lowest BCUT2D eigenvalue weighted by molar-refractivity contribution is -0.114. The number of aromatic nitrogens is 9. The van der Waals surface area contributed by atoms with Crippen molar-refractivity contribution in [2.75, 3.05) is 45.0 Å². The van der Waals surface area contributed by atoms with E-state index in [0.717, 1.165) is 12.2 Å². The van der Waals surface area contributed by atoms with E-state index in [-0.39, 0.29) is 83.6 Å². The third-order valence-electron chi connectivity index (χ3n) is 9.90. The van der Waals surface area contributed by atoms with Crippen molar-refractivity contribution in [3.63, 3.8) is 0 Å². The fourth-order valence-electron chi connectivity index (χ4n) is 6.66. The van der Waals surface area contributed by atoms with Crippen LogP contribution < -0.4 is 42.5 Å². The first-order chi connectivity index (χ1) is 33.3. The topological polar surface area (TPSA) is 349 Å². The number of aryl methyl sites for hydroxylation is 6. The lowest BCUT2D eigenvalue weighted by Gasteiger charge is -2.03. The second-order valence-corrected chi connectivity index (χ2v) is 15.3. The van der Waals surface area contributed by atoms with Gasteiger partial charge in [-0.05, 0) is 18.2 Å². The van der Waals surface area contributed by atoms with E-state index in [1.165, 1.54) is 90.7 Å². The van der Waals surface area contributed by atoms with Gasteiger partial charge in [0.1, 0.15) is 17.1 Å². The highest BCUT2D eigenvalue weighted by atomic mass is 16.2. The summed E-state index contributed by atoms with van der Waals surface area (Å²) in [6.45, 7) is 0.314. The molecule has 27 heteroatoms. The first-order valence-electron chi connectivity index (χ1n) is 20.8. The molecule has 0 bridgehead atoms. The molecule has 27 nitrogen and oxygen atoms in total. The molecule has 0 aliphatic rings. The average Bonchev–Trinajstić information content (AvgIpc) is 4.16. The van der Waals surface area contributed by atoms with Crippen LogP contribution in [0.1, 0.15) is 76.2 Å². The molecule has 0 aromatic carbocycles. The Morgan fingerprint density at radius 1 is 0.443 bits per heavy atom. The Hall–Kier alpha value is -10.1. The summed E-state index contributed by atoms with van der Waals surface area (Å²) in [6, 6.07) is 8.23. The van der Waals surface area contributed by atoms with Gasteiger partial charge in [0.15, 0.2) is 17.5 Å². The predicted octanol–water partition coefficient (Wildman–Crippen LogP) is 1.33. The SMILES string of the molecule is Cn1cc(NC(=O)c2cc(NC(=O)c3cc(NC(=O)/C=C/C(=O)Nc4cn(C)c(C(=O)Nc5cn(C)c(C(=O)Nc6cn(C)c(C(=O)NCCC#N)n6)n5)n4)cn3C)cn2C)cc1C(=O)NCCC#N. The van der Waals surface area contributed by atoms with Crippen LogP contribution in [0, 0.1) is 22.7 Å². The first kappa shape index (κ1) is 49.4. The second kappa shape index (κ2) is 21.5. The third-order valence-corrected chi connectivity index (χ3v) is 9.90. The van der Waals surface area contributed by atoms with E-state index >= 15 is 0 Å². The fraction of sp³-hybridized carbons (Fsp3) is 0.233. The van der Waals surface area contributed by atoms with Gasteiger partial charge in [-0.1, -0.05) is 0 Å². The van der Waals surface area contributed by atoms with Crippen molar-refractivity contribution in [3.8, 4) is 12.1 Å². The number of nitriles is 2. The average molecular weight is 956 g/mol. The van der Waals surface area contributed by atoms with Crippen LogP contribution in [-0.4, -0.2) is 103 Å². The van der Waals surface area contributed by atoms with Crippen molar-refractivity contribution in [1.82, 2.24) is 53.0 Å². The highest BCUT2D eigenvalue weighted by Crippen LogP contribution is 2.20. The Bertz CT molecular complexity index is 2970. The highest BCUT2D eigenvalue weighted by molar-refractivity contribution is 6.10. The molecule has 6 aromatic rings. The van der Waals surface area contributed by atoms with Crippen LogP contribution >= 0.6 is 0 Å². The number of imidazole rings is 3. The molecule has 0 saturated carbocycles. The molecule has 6 heterocycles. The lowest BCUT2D eigenvalue weighted by Crippen LogP contribution is -2.27. The summed E-state index contributed by atoms with van der Waals surface area (Å²) in [5, 5.41) is 38.2. The molecule has 0 atom stereocenters. The van der Waals surface area contributed by atoms with E-state index in [9.17, 15) is 38.4 Å². The molecule has 8 N–H and O–H groups in total. The Morgan fingerprint density at radius 2 is 0.786 bits per heavy atom. The van der Waals surface area contributed by atoms with Gasteiger partial charge >= 0.3 is 0 Å². The summed E-state index contributed by atoms with van der Waals surface area (Å²) in [7, 11) is 9.41. The number of anilines is 6. The minimum atomic E-state index is -0.756. The Balaban J connectivity index is 0.979. The number of nitrogens with zero attached hydrogens (tertiary/aromatic N) is 11. The molecule has 6 aromatic heterocycles. The number of carbonyl (C=O) groups is 8. The molecule has 0 aliphatic heterocycles. The van der Waals surface area contributed by atoms with Crippen molar-refractivity contribution in [3.05, 3.63) is 102 Å². The van der Waals surface area contributed by atoms with Crippen LogP contribution in [0.3, 0.4) is 0 Å². The van der Waals surface area contributed by atoms with Gasteiger partial charge in [0.2, 0.25) is 29.3 Å². The number of carbonyl (C=O) groups excluding carboxylic acids is 8. The van der Waals surface area contributed by atoms with E-state index in [0.29, 0.717) is 11.4 Å². The third kappa shape index (κ3) is 12.0. The van der Waals surface area contributed by atoms with Gasteiger partial charge in [0, 0.05) is 105 Å². The summed E-state index contributed by atoms with van der Waals surface area (Å²) in [5.41, 5.74) is 1.50. The minimum Gasteiger partial charge on any atom is -0.350 e. The lowest BCUT2D eigenvalue weighted by atomic mass is 10.3. The van der Waals surface area contributed by atoms with Crippen LogP contribution in [-0.2, 0) is 51.9 Å². The van der Waals surface area contributed by atoms with E-state index in [1.807, 2.05) is 12.1 Å². The van der Waals surface area contributed by atoms with E-state index in [1.54, 1.807) is 34.4 Å². The molecule has 0 spiro atoms. The molecule has 8 amide bonds. The second-order valence-electron chi connectivity index (χ2n) is 15.3. The monoisotopic (exact) mass is 955 g/mol. The normalized spacial score (nSPS) is 10.7. The van der Waals surface area contributed by atoms with Crippen LogP contribution in [0.2, 0.25) is 0 Å². The molecule has 0 saturated heterocycles. The molecular formula is C43H45N19O8. The summed E-state index contributed by atoms with van der Waals surface area (Å²) in [4.78, 5) is 115. The fourth-order valence-corrected chi connectivity index (χ4v) is 6.66. The quantitative estimate of drug-likeness (QED) is 0.0446. The molecule has 0 unspecified atom stereocenters. The summed E-state index contributed by atoms with van der Waals surface area (Å²) in [6.07, 6.45) is 10.9. The maximum atomic E-state index is 13.3. The maximum absolute atomic E-state index is 13.3. The summed E-state index contributed by atoms with van der Waals surface area (Å²) < 4.78 is 8.59. The Morgan fingerprint density at radius 3 is 1.20 bits per heavy atom. The standard InChI is InChI=1S/C43H45N19O8/c1-57-19-25(16-27(57)38(65)46-13-7-11-44)49-40(67)29-17-26(20-59(29)3)50-39(66)28-15-24(18-58(28)2)48-33(63)9-10-34(64)51-30-21-61(5)36(52-30)42(69)56-32-23-62(6)37(54-32)43(70)55-31-22-60(4)35(53-31)41(68)47-14-8-12-45/h9-10,15-23H,7-8,13-14H2,1-6H3,(H,46,65)(H,47,68)(H,48,63)(H,49,67)(H,50,66)(H,51,64)(H,55,70)(H,56,69)/b10-9+. The van der Waals surface area contributed by atoms with Crippen molar-refractivity contribution < 1.29 is 38.4 Å². The van der Waals surface area contributed by atoms with Crippen molar-refractivity contribution in [2.24, 2.45) is 42.3 Å². The van der Waals surface area contributed by atoms with E-state index in [4.69, 9.17) is 10.5 Å². The zero-order valence-corrected chi connectivity index (χ0v) is 38.4. The number of hydrogen-bond acceptors (Lipinski definition) is 13. The van der Waals surface area contributed by atoms with Gasteiger partial charge < -0.3 is 69.9 Å². The van der Waals surface area contributed by atoms with E-state index in [2.05, 4.69) is 57.5 Å².